The number of carboxylic acid groups (broad SMARTS) is 2. The SMILES string of the molecule is CC(C)C(C(=O)O)N(Cc1ccc2cc(-c3ccc(C(=O)O)cc3)ccc2c1)C(=O)CC1CC1. The van der Waals surface area contributed by atoms with E-state index >= 15 is 0 Å². The number of nitrogens with zero attached hydrogens (tertiary/aromatic N) is 1. The van der Waals surface area contributed by atoms with Crippen molar-refractivity contribution in [2.75, 3.05) is 0 Å². The molecule has 4 rings (SSSR count). The molecule has 1 aliphatic carbocycles. The third kappa shape index (κ3) is 5.28. The van der Waals surface area contributed by atoms with Gasteiger partial charge < -0.3 is 15.1 Å². The molecule has 0 radical (unpaired) electrons. The molecule has 6 nitrogen and oxygen atoms in total. The summed E-state index contributed by atoms with van der Waals surface area (Å²) in [5, 5.41) is 20.9. The maximum absolute atomic E-state index is 13.0. The average Bonchev–Trinajstić information content (AvgIpc) is 3.61. The quantitative estimate of drug-likeness (QED) is 0.444. The Kier molecular flexibility index (Phi) is 6.68. The van der Waals surface area contributed by atoms with Crippen LogP contribution >= 0.6 is 0 Å². The fourth-order valence-corrected chi connectivity index (χ4v) is 4.38. The molecule has 34 heavy (non-hydrogen) atoms. The highest BCUT2D eigenvalue weighted by molar-refractivity contribution is 5.90. The zero-order valence-corrected chi connectivity index (χ0v) is 19.4. The first-order chi connectivity index (χ1) is 16.2. The molecule has 1 unspecified atom stereocenters. The Morgan fingerprint density at radius 2 is 1.50 bits per heavy atom. The topological polar surface area (TPSA) is 94.9 Å². The normalized spacial score (nSPS) is 14.2. The van der Waals surface area contributed by atoms with Gasteiger partial charge in [0.05, 0.1) is 5.56 Å². The van der Waals surface area contributed by atoms with Gasteiger partial charge in [0, 0.05) is 13.0 Å². The second-order valence-corrected chi connectivity index (χ2v) is 9.48. The molecule has 3 aromatic rings. The summed E-state index contributed by atoms with van der Waals surface area (Å²) in [4.78, 5) is 37.6. The molecule has 1 atom stereocenters. The van der Waals surface area contributed by atoms with Gasteiger partial charge in [-0.15, -0.1) is 0 Å². The van der Waals surface area contributed by atoms with Crippen LogP contribution in [0, 0.1) is 11.8 Å². The van der Waals surface area contributed by atoms with Gasteiger partial charge in [0.25, 0.3) is 0 Å². The van der Waals surface area contributed by atoms with E-state index in [1.54, 1.807) is 24.3 Å². The summed E-state index contributed by atoms with van der Waals surface area (Å²) >= 11 is 0. The summed E-state index contributed by atoms with van der Waals surface area (Å²) < 4.78 is 0. The maximum Gasteiger partial charge on any atom is 0.335 e. The summed E-state index contributed by atoms with van der Waals surface area (Å²) in [6.07, 6.45) is 2.49. The number of amides is 1. The predicted molar refractivity (Wildman–Crippen MR) is 130 cm³/mol. The Balaban J connectivity index is 1.60. The minimum Gasteiger partial charge on any atom is -0.480 e. The van der Waals surface area contributed by atoms with Gasteiger partial charge >= 0.3 is 11.9 Å². The Bertz CT molecular complexity index is 1230. The first kappa shape index (κ1) is 23.5. The molecule has 1 fully saturated rings. The van der Waals surface area contributed by atoms with Crippen molar-refractivity contribution in [3.05, 3.63) is 71.8 Å². The minimum absolute atomic E-state index is 0.0937. The monoisotopic (exact) mass is 459 g/mol. The number of hydrogen-bond donors (Lipinski definition) is 2. The highest BCUT2D eigenvalue weighted by Crippen LogP contribution is 2.34. The number of carbonyl (C=O) groups excluding carboxylic acids is 1. The van der Waals surface area contributed by atoms with Crippen molar-refractivity contribution < 1.29 is 24.6 Å². The summed E-state index contributed by atoms with van der Waals surface area (Å²) in [7, 11) is 0. The molecule has 0 spiro atoms. The van der Waals surface area contributed by atoms with E-state index < -0.39 is 18.0 Å². The zero-order valence-electron chi connectivity index (χ0n) is 19.4. The third-order valence-corrected chi connectivity index (χ3v) is 6.42. The van der Waals surface area contributed by atoms with E-state index in [1.165, 1.54) is 4.90 Å². The van der Waals surface area contributed by atoms with Gasteiger partial charge in [0.15, 0.2) is 0 Å². The van der Waals surface area contributed by atoms with Gasteiger partial charge in [-0.3, -0.25) is 4.79 Å². The van der Waals surface area contributed by atoms with E-state index in [0.29, 0.717) is 12.3 Å². The molecular formula is C28H29NO5. The summed E-state index contributed by atoms with van der Waals surface area (Å²) in [5.74, 6) is -1.83. The molecule has 1 amide bonds. The van der Waals surface area contributed by atoms with E-state index in [-0.39, 0.29) is 23.9 Å². The van der Waals surface area contributed by atoms with Crippen molar-refractivity contribution in [2.45, 2.75) is 45.7 Å². The Hall–Kier alpha value is -3.67. The van der Waals surface area contributed by atoms with Crippen LogP contribution in [0.25, 0.3) is 21.9 Å². The number of carbonyl (C=O) groups is 3. The Labute approximate surface area is 198 Å². The molecule has 0 bridgehead atoms. The number of aromatic carboxylic acids is 1. The van der Waals surface area contributed by atoms with Crippen molar-refractivity contribution in [1.29, 1.82) is 0 Å². The van der Waals surface area contributed by atoms with Gasteiger partial charge in [-0.2, -0.15) is 0 Å². The van der Waals surface area contributed by atoms with Crippen LogP contribution in [0.5, 0.6) is 0 Å². The maximum atomic E-state index is 13.0. The van der Waals surface area contributed by atoms with Crippen LogP contribution in [0.4, 0.5) is 0 Å². The first-order valence-corrected chi connectivity index (χ1v) is 11.6. The van der Waals surface area contributed by atoms with Gasteiger partial charge in [0.1, 0.15) is 6.04 Å². The Morgan fingerprint density at radius 3 is 2.09 bits per heavy atom. The van der Waals surface area contributed by atoms with E-state index in [0.717, 1.165) is 40.3 Å². The summed E-state index contributed by atoms with van der Waals surface area (Å²) in [6, 6.07) is 17.8. The first-order valence-electron chi connectivity index (χ1n) is 11.6. The molecule has 6 heteroatoms. The Morgan fingerprint density at radius 1 is 0.882 bits per heavy atom. The molecule has 0 aromatic heterocycles. The van der Waals surface area contributed by atoms with Gasteiger partial charge in [-0.05, 0) is 76.4 Å². The predicted octanol–water partition coefficient (Wildman–Crippen LogP) is 5.44. The highest BCUT2D eigenvalue weighted by atomic mass is 16.4. The van der Waals surface area contributed by atoms with Crippen LogP contribution in [0.3, 0.4) is 0 Å². The van der Waals surface area contributed by atoms with Crippen molar-refractivity contribution in [2.24, 2.45) is 11.8 Å². The average molecular weight is 460 g/mol. The van der Waals surface area contributed by atoms with E-state index in [9.17, 15) is 19.5 Å². The van der Waals surface area contributed by atoms with Crippen LogP contribution in [0.2, 0.25) is 0 Å². The zero-order chi connectivity index (χ0) is 24.4. The molecule has 0 saturated heterocycles. The molecule has 1 aliphatic rings. The number of fused-ring (bicyclic) bond motifs is 1. The van der Waals surface area contributed by atoms with Crippen molar-refractivity contribution in [3.63, 3.8) is 0 Å². The number of aliphatic carboxylic acids is 1. The second kappa shape index (κ2) is 9.67. The van der Waals surface area contributed by atoms with Gasteiger partial charge in [0.2, 0.25) is 5.91 Å². The fraction of sp³-hybridized carbons (Fsp3) is 0.321. The van der Waals surface area contributed by atoms with Crippen molar-refractivity contribution in [3.8, 4) is 11.1 Å². The van der Waals surface area contributed by atoms with Gasteiger partial charge in [-0.25, -0.2) is 9.59 Å². The number of benzene rings is 3. The fourth-order valence-electron chi connectivity index (χ4n) is 4.38. The van der Waals surface area contributed by atoms with Crippen LogP contribution in [-0.2, 0) is 16.1 Å². The lowest BCUT2D eigenvalue weighted by Crippen LogP contribution is -2.47. The minimum atomic E-state index is -0.974. The van der Waals surface area contributed by atoms with Crippen LogP contribution in [-0.4, -0.2) is 39.0 Å². The molecule has 2 N–H and O–H groups in total. The number of rotatable bonds is 9. The van der Waals surface area contributed by atoms with Gasteiger partial charge in [-0.1, -0.05) is 50.2 Å². The number of hydrogen-bond acceptors (Lipinski definition) is 3. The molecule has 1 saturated carbocycles. The lowest BCUT2D eigenvalue weighted by Gasteiger charge is -2.32. The van der Waals surface area contributed by atoms with Crippen LogP contribution in [0.1, 0.15) is 49.0 Å². The molecular weight excluding hydrogens is 430 g/mol. The van der Waals surface area contributed by atoms with Crippen LogP contribution in [0.15, 0.2) is 60.7 Å². The lowest BCUT2D eigenvalue weighted by molar-refractivity contribution is -0.153. The summed E-state index contributed by atoms with van der Waals surface area (Å²) in [6.45, 7) is 3.93. The summed E-state index contributed by atoms with van der Waals surface area (Å²) in [5.41, 5.74) is 3.04. The third-order valence-electron chi connectivity index (χ3n) is 6.42. The number of carboxylic acids is 2. The smallest absolute Gasteiger partial charge is 0.335 e. The lowest BCUT2D eigenvalue weighted by atomic mass is 9.98. The van der Waals surface area contributed by atoms with E-state index in [1.807, 2.05) is 50.2 Å². The standard InChI is InChI=1S/C28H29NO5/c1-17(2)26(28(33)34)29(25(30)14-18-3-4-18)16-19-5-6-24-15-23(12-11-22(24)13-19)20-7-9-21(10-8-20)27(31)32/h5-13,15,17-18,26H,3-4,14,16H2,1-2H3,(H,31,32)(H,33,34). The van der Waals surface area contributed by atoms with Crippen molar-refractivity contribution in [1.82, 2.24) is 4.90 Å². The molecule has 0 aliphatic heterocycles. The van der Waals surface area contributed by atoms with Crippen LogP contribution < -0.4 is 0 Å². The van der Waals surface area contributed by atoms with Crippen molar-refractivity contribution >= 4 is 28.6 Å². The highest BCUT2D eigenvalue weighted by Gasteiger charge is 2.35. The van der Waals surface area contributed by atoms with E-state index in [4.69, 9.17) is 5.11 Å². The largest absolute Gasteiger partial charge is 0.480 e. The molecule has 0 heterocycles. The second-order valence-electron chi connectivity index (χ2n) is 9.48. The molecule has 176 valence electrons. The molecule has 3 aromatic carbocycles. The van der Waals surface area contributed by atoms with E-state index in [2.05, 4.69) is 0 Å².